The summed E-state index contributed by atoms with van der Waals surface area (Å²) in [5, 5.41) is 0. The van der Waals surface area contributed by atoms with Gasteiger partial charge < -0.3 is 4.74 Å². The topological polar surface area (TPSA) is 26.3 Å². The second-order valence-electron chi connectivity index (χ2n) is 6.78. The van der Waals surface area contributed by atoms with Gasteiger partial charge in [-0.3, -0.25) is 4.79 Å². The highest BCUT2D eigenvalue weighted by atomic mass is 16.6. The van der Waals surface area contributed by atoms with Crippen LogP contribution in [0.25, 0.3) is 0 Å². The number of benzene rings is 1. The molecule has 1 saturated heterocycles. The maximum atomic E-state index is 12.5. The number of ether oxygens (including phenoxy) is 1. The van der Waals surface area contributed by atoms with Crippen LogP contribution in [-0.4, -0.2) is 5.97 Å². The Kier molecular flexibility index (Phi) is 2.95. The molecule has 0 radical (unpaired) electrons. The number of hydrogen-bond donors (Lipinski definition) is 0. The Morgan fingerprint density at radius 1 is 1.19 bits per heavy atom. The van der Waals surface area contributed by atoms with E-state index in [0.717, 1.165) is 25.7 Å². The average Bonchev–Trinajstić information content (AvgIpc) is 3.19. The molecule has 0 amide bonds. The van der Waals surface area contributed by atoms with Gasteiger partial charge in [0.25, 0.3) is 0 Å². The van der Waals surface area contributed by atoms with Crippen molar-refractivity contribution in [2.24, 2.45) is 23.7 Å². The monoisotopic (exact) mass is 282 g/mol. The Bertz CT molecular complexity index is 576. The Morgan fingerprint density at radius 3 is 2.71 bits per heavy atom. The van der Waals surface area contributed by atoms with Crippen LogP contribution in [0.5, 0.6) is 0 Å². The fourth-order valence-electron chi connectivity index (χ4n) is 4.87. The van der Waals surface area contributed by atoms with E-state index in [2.05, 4.69) is 43.3 Å². The first-order valence-electron chi connectivity index (χ1n) is 8.23. The Hall–Kier alpha value is -1.57. The highest BCUT2D eigenvalue weighted by molar-refractivity contribution is 5.78. The molecule has 110 valence electrons. The Morgan fingerprint density at radius 2 is 1.95 bits per heavy atom. The number of esters is 1. The number of carbonyl (C=O) groups is 1. The van der Waals surface area contributed by atoms with Gasteiger partial charge in [-0.2, -0.15) is 0 Å². The van der Waals surface area contributed by atoms with Gasteiger partial charge in [-0.15, -0.1) is 0 Å². The zero-order chi connectivity index (χ0) is 14.4. The molecule has 1 aromatic rings. The number of unbranched alkanes of at least 4 members (excludes halogenated alkanes) is 1. The molecule has 2 aliphatic carbocycles. The van der Waals surface area contributed by atoms with Crippen LogP contribution in [0.2, 0.25) is 0 Å². The van der Waals surface area contributed by atoms with Gasteiger partial charge >= 0.3 is 5.97 Å². The molecule has 2 bridgehead atoms. The molecule has 1 heterocycles. The van der Waals surface area contributed by atoms with Crippen LogP contribution in [-0.2, 0) is 15.1 Å². The molecule has 3 aliphatic rings. The highest BCUT2D eigenvalue weighted by Crippen LogP contribution is 2.62. The predicted molar refractivity (Wildman–Crippen MR) is 81.5 cm³/mol. The zero-order valence-corrected chi connectivity index (χ0v) is 12.5. The third-order valence-electron chi connectivity index (χ3n) is 5.72. The maximum absolute atomic E-state index is 12.5. The summed E-state index contributed by atoms with van der Waals surface area (Å²) >= 11 is 0. The van der Waals surface area contributed by atoms with Gasteiger partial charge in [0.1, 0.15) is 5.60 Å². The van der Waals surface area contributed by atoms with Crippen molar-refractivity contribution in [1.29, 1.82) is 0 Å². The van der Waals surface area contributed by atoms with E-state index in [1.165, 1.54) is 5.56 Å². The second-order valence-corrected chi connectivity index (χ2v) is 6.78. The van der Waals surface area contributed by atoms with Crippen LogP contribution >= 0.6 is 0 Å². The number of carbonyl (C=O) groups excluding carboxylic acids is 1. The minimum atomic E-state index is -0.386. The number of cyclic esters (lactones) is 1. The van der Waals surface area contributed by atoms with Crippen LogP contribution in [0.1, 0.15) is 38.2 Å². The SMILES string of the molecule is CCCC[C@]1(c2ccccc2)OC(=O)[C@@H]2[C@H]1[C@@H]1C=C[C@H]2C1. The lowest BCUT2D eigenvalue weighted by Crippen LogP contribution is -2.36. The van der Waals surface area contributed by atoms with Crippen LogP contribution in [0.3, 0.4) is 0 Å². The molecular formula is C19H22O2. The van der Waals surface area contributed by atoms with Crippen molar-refractivity contribution in [2.45, 2.75) is 38.2 Å². The van der Waals surface area contributed by atoms with Crippen LogP contribution in [0.15, 0.2) is 42.5 Å². The van der Waals surface area contributed by atoms with Crippen molar-refractivity contribution >= 4 is 5.97 Å². The molecule has 0 unspecified atom stereocenters. The largest absolute Gasteiger partial charge is 0.454 e. The molecule has 0 spiro atoms. The van der Waals surface area contributed by atoms with E-state index in [1.807, 2.05) is 6.07 Å². The number of allylic oxidation sites excluding steroid dienone is 2. The van der Waals surface area contributed by atoms with Gasteiger partial charge in [0, 0.05) is 5.92 Å². The molecule has 0 N–H and O–H groups in total. The zero-order valence-electron chi connectivity index (χ0n) is 12.5. The van der Waals surface area contributed by atoms with Gasteiger partial charge in [0.15, 0.2) is 0 Å². The standard InChI is InChI=1S/C19H22O2/c1-2-3-11-19(15-7-5-4-6-8-15)17-14-10-9-13(12-14)16(17)18(20)21-19/h4-10,13-14,16-17H,2-3,11-12H2,1H3/t13-,14+,16-,17+,19+/m0/s1. The molecule has 0 aromatic heterocycles. The van der Waals surface area contributed by atoms with Crippen molar-refractivity contribution in [3.05, 3.63) is 48.0 Å². The third-order valence-corrected chi connectivity index (χ3v) is 5.72. The van der Waals surface area contributed by atoms with E-state index >= 15 is 0 Å². The lowest BCUT2D eigenvalue weighted by atomic mass is 9.69. The summed E-state index contributed by atoms with van der Waals surface area (Å²) in [5.74, 6) is 1.41. The highest BCUT2D eigenvalue weighted by Gasteiger charge is 2.64. The summed E-state index contributed by atoms with van der Waals surface area (Å²) in [6, 6.07) is 10.4. The fraction of sp³-hybridized carbons (Fsp3) is 0.526. The van der Waals surface area contributed by atoms with Gasteiger partial charge in [-0.05, 0) is 36.7 Å². The first kappa shape index (κ1) is 13.1. The summed E-state index contributed by atoms with van der Waals surface area (Å²) in [4.78, 5) is 12.5. The maximum Gasteiger partial charge on any atom is 0.310 e. The first-order valence-corrected chi connectivity index (χ1v) is 8.23. The lowest BCUT2D eigenvalue weighted by molar-refractivity contribution is -0.154. The molecule has 1 saturated carbocycles. The fourth-order valence-corrected chi connectivity index (χ4v) is 4.87. The van der Waals surface area contributed by atoms with E-state index in [-0.39, 0.29) is 17.5 Å². The normalized spacial score (nSPS) is 39.6. The third kappa shape index (κ3) is 1.74. The molecule has 2 heteroatoms. The summed E-state index contributed by atoms with van der Waals surface area (Å²) in [6.45, 7) is 2.20. The summed E-state index contributed by atoms with van der Waals surface area (Å²) in [5.41, 5.74) is 0.809. The molecule has 5 atom stereocenters. The quantitative estimate of drug-likeness (QED) is 0.614. The molecule has 1 aromatic carbocycles. The molecule has 2 fully saturated rings. The summed E-state index contributed by atoms with van der Waals surface area (Å²) < 4.78 is 6.11. The second kappa shape index (κ2) is 4.72. The smallest absolute Gasteiger partial charge is 0.310 e. The van der Waals surface area contributed by atoms with Crippen LogP contribution < -0.4 is 0 Å². The summed E-state index contributed by atoms with van der Waals surface area (Å²) in [7, 11) is 0. The minimum absolute atomic E-state index is 0.0387. The predicted octanol–water partition coefficient (Wildman–Crippen LogP) is 4.07. The molecule has 21 heavy (non-hydrogen) atoms. The van der Waals surface area contributed by atoms with E-state index in [0.29, 0.717) is 17.8 Å². The van der Waals surface area contributed by atoms with Crippen LogP contribution in [0.4, 0.5) is 0 Å². The van der Waals surface area contributed by atoms with E-state index < -0.39 is 0 Å². The van der Waals surface area contributed by atoms with Crippen LogP contribution in [0, 0.1) is 23.7 Å². The Labute approximate surface area is 126 Å². The van der Waals surface area contributed by atoms with E-state index in [9.17, 15) is 4.79 Å². The lowest BCUT2D eigenvalue weighted by Gasteiger charge is -2.36. The molecule has 1 aliphatic heterocycles. The first-order chi connectivity index (χ1) is 10.3. The molecule has 4 rings (SSSR count). The number of rotatable bonds is 4. The molecule has 2 nitrogen and oxygen atoms in total. The van der Waals surface area contributed by atoms with Crippen molar-refractivity contribution in [2.75, 3.05) is 0 Å². The minimum Gasteiger partial charge on any atom is -0.454 e. The summed E-state index contributed by atoms with van der Waals surface area (Å²) in [6.07, 6.45) is 8.91. The van der Waals surface area contributed by atoms with Gasteiger partial charge in [0.2, 0.25) is 0 Å². The van der Waals surface area contributed by atoms with Gasteiger partial charge in [-0.25, -0.2) is 0 Å². The number of hydrogen-bond acceptors (Lipinski definition) is 2. The van der Waals surface area contributed by atoms with Gasteiger partial charge in [-0.1, -0.05) is 55.8 Å². The van der Waals surface area contributed by atoms with Crippen molar-refractivity contribution < 1.29 is 9.53 Å². The van der Waals surface area contributed by atoms with Gasteiger partial charge in [0.05, 0.1) is 5.92 Å². The van der Waals surface area contributed by atoms with Crippen molar-refractivity contribution in [3.63, 3.8) is 0 Å². The molecular weight excluding hydrogens is 260 g/mol. The van der Waals surface area contributed by atoms with E-state index in [4.69, 9.17) is 4.74 Å². The number of fused-ring (bicyclic) bond motifs is 5. The van der Waals surface area contributed by atoms with E-state index in [1.54, 1.807) is 0 Å². The average molecular weight is 282 g/mol. The van der Waals surface area contributed by atoms with Crippen molar-refractivity contribution in [3.8, 4) is 0 Å². The van der Waals surface area contributed by atoms with Crippen molar-refractivity contribution in [1.82, 2.24) is 0 Å². The Balaban J connectivity index is 1.80.